The van der Waals surface area contributed by atoms with Crippen LogP contribution in [-0.4, -0.2) is 47.8 Å². The highest BCUT2D eigenvalue weighted by Crippen LogP contribution is 2.27. The Morgan fingerprint density at radius 1 is 0.551 bits per heavy atom. The molecule has 0 unspecified atom stereocenters. The van der Waals surface area contributed by atoms with E-state index in [1.54, 1.807) is 31.0 Å². The van der Waals surface area contributed by atoms with Gasteiger partial charge in [-0.1, -0.05) is 78.9 Å². The van der Waals surface area contributed by atoms with E-state index in [1.165, 1.54) is 0 Å². The van der Waals surface area contributed by atoms with E-state index in [2.05, 4.69) is 21.7 Å². The third kappa shape index (κ3) is 7.42. The summed E-state index contributed by atoms with van der Waals surface area (Å²) in [7, 11) is 0. The van der Waals surface area contributed by atoms with Gasteiger partial charge in [-0.2, -0.15) is 0 Å². The lowest BCUT2D eigenvalue weighted by Gasteiger charge is -2.09. The number of hydrogen-bond donors (Lipinski definition) is 0. The lowest BCUT2D eigenvalue weighted by molar-refractivity contribution is 1.03. The van der Waals surface area contributed by atoms with Gasteiger partial charge in [-0.05, 0) is 60.3 Å². The fourth-order valence-electron chi connectivity index (χ4n) is 5.09. The van der Waals surface area contributed by atoms with Gasteiger partial charge < -0.3 is 0 Å². The molecule has 234 valence electrons. The molecule has 0 saturated carbocycles. The number of allylic oxidation sites excluding steroid dienone is 1. The Morgan fingerprint density at radius 2 is 1.12 bits per heavy atom. The first kappa shape index (κ1) is 30.8. The summed E-state index contributed by atoms with van der Waals surface area (Å²) >= 11 is 0. The van der Waals surface area contributed by atoms with Gasteiger partial charge in [0.15, 0.2) is 17.5 Å². The second-order valence-electron chi connectivity index (χ2n) is 10.9. The molecule has 9 nitrogen and oxygen atoms in total. The minimum absolute atomic E-state index is 0.398. The van der Waals surface area contributed by atoms with E-state index < -0.39 is 0 Å². The maximum absolute atomic E-state index is 4.86. The van der Waals surface area contributed by atoms with Crippen molar-refractivity contribution >= 4 is 18.5 Å². The van der Waals surface area contributed by atoms with Crippen molar-refractivity contribution in [2.75, 3.05) is 0 Å². The normalized spacial score (nSPS) is 11.5. The molecule has 0 fully saturated rings. The summed E-state index contributed by atoms with van der Waals surface area (Å²) in [5.74, 6) is 1.67. The van der Waals surface area contributed by atoms with Gasteiger partial charge >= 0.3 is 0 Å². The molecule has 5 heterocycles. The molecule has 0 atom stereocenters. The van der Waals surface area contributed by atoms with Crippen LogP contribution in [0.5, 0.6) is 0 Å². The second-order valence-corrected chi connectivity index (χ2v) is 10.9. The Labute approximate surface area is 283 Å². The number of hydrogen-bond acceptors (Lipinski definition) is 9. The van der Waals surface area contributed by atoms with E-state index in [4.69, 9.17) is 29.9 Å². The van der Waals surface area contributed by atoms with Gasteiger partial charge in [0, 0.05) is 47.7 Å². The Bertz CT molecular complexity index is 2120. The van der Waals surface area contributed by atoms with Crippen LogP contribution in [0, 0.1) is 0 Å². The Hall–Kier alpha value is -6.87. The van der Waals surface area contributed by atoms with Crippen molar-refractivity contribution in [2.45, 2.75) is 6.54 Å². The monoisotopic (exact) mass is 635 g/mol. The first-order valence-electron chi connectivity index (χ1n) is 15.6. The second kappa shape index (κ2) is 14.7. The van der Waals surface area contributed by atoms with Crippen LogP contribution >= 0.6 is 0 Å². The van der Waals surface area contributed by atoms with Gasteiger partial charge in [-0.25, -0.2) is 19.9 Å². The topological polar surface area (TPSA) is 115 Å². The van der Waals surface area contributed by atoms with Gasteiger partial charge in [-0.15, -0.1) is 0 Å². The molecule has 0 aliphatic heterocycles. The van der Waals surface area contributed by atoms with Gasteiger partial charge in [0.25, 0.3) is 0 Å². The zero-order chi connectivity index (χ0) is 33.3. The van der Waals surface area contributed by atoms with E-state index in [-0.39, 0.29) is 0 Å². The summed E-state index contributed by atoms with van der Waals surface area (Å²) in [4.78, 5) is 41.7. The number of aliphatic imine (C=N–C) groups is 2. The molecule has 0 spiro atoms. The van der Waals surface area contributed by atoms with Crippen molar-refractivity contribution in [3.05, 3.63) is 157 Å². The molecular formula is C40H29N9. The zero-order valence-corrected chi connectivity index (χ0v) is 26.4. The highest BCUT2D eigenvalue weighted by atomic mass is 15.0. The van der Waals surface area contributed by atoms with E-state index in [9.17, 15) is 0 Å². The standard InChI is InChI=1S/C40H29N9/c1-41-26-32(31-22-36(33-16-8-10-20-43-33)46-37(23-31)34-17-9-11-21-44-34)27-42-24-28-18-19-35(45-25-28)40-48-38(29-12-4-2-5-13-29)47-39(49-40)30-14-6-3-7-15-30/h2-23,25-27H,1,24H2/b32-26+,42-27?. The summed E-state index contributed by atoms with van der Waals surface area (Å²) < 4.78 is 0. The van der Waals surface area contributed by atoms with Crippen molar-refractivity contribution in [1.29, 1.82) is 0 Å². The van der Waals surface area contributed by atoms with Crippen LogP contribution in [0.1, 0.15) is 11.1 Å². The molecule has 7 rings (SSSR count). The number of nitrogens with zero attached hydrogens (tertiary/aromatic N) is 9. The quantitative estimate of drug-likeness (QED) is 0.140. The van der Waals surface area contributed by atoms with Crippen LogP contribution in [0.25, 0.3) is 62.6 Å². The molecule has 2 aromatic carbocycles. The number of aromatic nitrogens is 7. The fraction of sp³-hybridized carbons (Fsp3) is 0.0250. The van der Waals surface area contributed by atoms with Crippen molar-refractivity contribution in [1.82, 2.24) is 34.9 Å². The van der Waals surface area contributed by atoms with Crippen LogP contribution in [-0.2, 0) is 6.54 Å². The molecule has 5 aromatic heterocycles. The molecule has 0 N–H and O–H groups in total. The number of rotatable bonds is 10. The van der Waals surface area contributed by atoms with Crippen molar-refractivity contribution in [2.24, 2.45) is 9.98 Å². The predicted octanol–water partition coefficient (Wildman–Crippen LogP) is 8.10. The summed E-state index contributed by atoms with van der Waals surface area (Å²) in [6.07, 6.45) is 8.75. The largest absolute Gasteiger partial charge is 0.288 e. The van der Waals surface area contributed by atoms with Gasteiger partial charge in [0.2, 0.25) is 0 Å². The van der Waals surface area contributed by atoms with Crippen LogP contribution in [0.4, 0.5) is 0 Å². The SMILES string of the molecule is C=N/C=C(\C=NCc1ccc(-c2nc(-c3ccccc3)nc(-c3ccccc3)n2)nc1)c1cc(-c2ccccn2)nc(-c2ccccn2)c1. The van der Waals surface area contributed by atoms with E-state index in [1.807, 2.05) is 121 Å². The first-order chi connectivity index (χ1) is 24.2. The Morgan fingerprint density at radius 3 is 1.63 bits per heavy atom. The van der Waals surface area contributed by atoms with Crippen LogP contribution in [0.2, 0.25) is 0 Å². The smallest absolute Gasteiger partial charge is 0.182 e. The van der Waals surface area contributed by atoms with Crippen LogP contribution < -0.4 is 0 Å². The van der Waals surface area contributed by atoms with Gasteiger partial charge in [-0.3, -0.25) is 24.9 Å². The summed E-state index contributed by atoms with van der Waals surface area (Å²) in [5, 5.41) is 0. The molecule has 49 heavy (non-hydrogen) atoms. The molecule has 0 bridgehead atoms. The Kier molecular flexibility index (Phi) is 9.23. The minimum Gasteiger partial charge on any atom is -0.288 e. The predicted molar refractivity (Wildman–Crippen MR) is 194 cm³/mol. The maximum Gasteiger partial charge on any atom is 0.182 e. The molecule has 0 aliphatic rings. The van der Waals surface area contributed by atoms with Crippen molar-refractivity contribution in [3.8, 4) is 57.1 Å². The number of pyridine rings is 4. The highest BCUT2D eigenvalue weighted by Gasteiger charge is 2.14. The highest BCUT2D eigenvalue weighted by molar-refractivity contribution is 6.10. The minimum atomic E-state index is 0.398. The van der Waals surface area contributed by atoms with E-state index >= 15 is 0 Å². The summed E-state index contributed by atoms with van der Waals surface area (Å²) in [6.45, 7) is 4.09. The van der Waals surface area contributed by atoms with Crippen LogP contribution in [0.15, 0.2) is 156 Å². The lowest BCUT2D eigenvalue weighted by Crippen LogP contribution is -2.01. The molecule has 7 aromatic rings. The molecule has 0 radical (unpaired) electrons. The average Bonchev–Trinajstić information content (AvgIpc) is 3.19. The summed E-state index contributed by atoms with van der Waals surface area (Å²) in [5.41, 5.74) is 7.92. The fourth-order valence-corrected chi connectivity index (χ4v) is 5.09. The third-order valence-corrected chi connectivity index (χ3v) is 7.50. The maximum atomic E-state index is 4.86. The first-order valence-corrected chi connectivity index (χ1v) is 15.6. The zero-order valence-electron chi connectivity index (χ0n) is 26.4. The van der Waals surface area contributed by atoms with Gasteiger partial charge in [0.05, 0.1) is 29.3 Å². The average molecular weight is 636 g/mol. The van der Waals surface area contributed by atoms with Crippen molar-refractivity contribution in [3.63, 3.8) is 0 Å². The number of benzene rings is 2. The molecular weight excluding hydrogens is 607 g/mol. The molecule has 0 saturated heterocycles. The summed E-state index contributed by atoms with van der Waals surface area (Å²) in [6, 6.07) is 39.0. The lowest BCUT2D eigenvalue weighted by atomic mass is 10.0. The third-order valence-electron chi connectivity index (χ3n) is 7.50. The van der Waals surface area contributed by atoms with E-state index in [0.717, 1.165) is 39.2 Å². The Balaban J connectivity index is 1.16. The molecule has 9 heteroatoms. The van der Waals surface area contributed by atoms with Gasteiger partial charge in [0.1, 0.15) is 5.69 Å². The molecule has 0 aliphatic carbocycles. The van der Waals surface area contributed by atoms with E-state index in [0.29, 0.717) is 41.1 Å². The van der Waals surface area contributed by atoms with Crippen molar-refractivity contribution < 1.29 is 0 Å². The van der Waals surface area contributed by atoms with Crippen LogP contribution in [0.3, 0.4) is 0 Å². The molecule has 0 amide bonds.